The maximum Gasteiger partial charge on any atom is 0.227 e. The van der Waals surface area contributed by atoms with E-state index in [2.05, 4.69) is 20.4 Å². The van der Waals surface area contributed by atoms with E-state index in [9.17, 15) is 0 Å². The fourth-order valence-electron chi connectivity index (χ4n) is 2.46. The molecule has 0 bridgehead atoms. The Bertz CT molecular complexity index is 546. The number of pyridine rings is 1. The van der Waals surface area contributed by atoms with Gasteiger partial charge in [0, 0.05) is 12.6 Å². The molecule has 100 valence electrons. The summed E-state index contributed by atoms with van der Waals surface area (Å²) < 4.78 is 5.31. The molecule has 2 aromatic rings. The smallest absolute Gasteiger partial charge is 0.227 e. The summed E-state index contributed by atoms with van der Waals surface area (Å²) in [5.41, 5.74) is 1.87. The van der Waals surface area contributed by atoms with Crippen molar-refractivity contribution in [1.29, 1.82) is 0 Å². The lowest BCUT2D eigenvalue weighted by atomic mass is 10.0. The van der Waals surface area contributed by atoms with Crippen LogP contribution in [0, 0.1) is 12.8 Å². The predicted octanol–water partition coefficient (Wildman–Crippen LogP) is 1.98. The maximum atomic E-state index is 5.31. The molecule has 0 aliphatic carbocycles. The highest BCUT2D eigenvalue weighted by Crippen LogP contribution is 2.19. The highest BCUT2D eigenvalue weighted by Gasteiger charge is 2.17. The summed E-state index contributed by atoms with van der Waals surface area (Å²) in [5.74, 6) is 2.05. The second-order valence-electron chi connectivity index (χ2n) is 5.08. The molecule has 1 saturated heterocycles. The fourth-order valence-corrected chi connectivity index (χ4v) is 2.46. The average Bonchev–Trinajstić information content (AvgIpc) is 3.08. The second-order valence-corrected chi connectivity index (χ2v) is 5.08. The molecule has 0 aromatic carbocycles. The van der Waals surface area contributed by atoms with Gasteiger partial charge in [-0.2, -0.15) is 4.98 Å². The van der Waals surface area contributed by atoms with Crippen molar-refractivity contribution < 1.29 is 4.52 Å². The molecule has 2 aromatic heterocycles. The van der Waals surface area contributed by atoms with Crippen molar-refractivity contribution in [2.75, 3.05) is 13.1 Å². The van der Waals surface area contributed by atoms with Gasteiger partial charge >= 0.3 is 0 Å². The first-order valence-electron chi connectivity index (χ1n) is 6.78. The number of aryl methyl sites for hydroxylation is 2. The highest BCUT2D eigenvalue weighted by molar-refractivity contribution is 5.52. The topological polar surface area (TPSA) is 63.8 Å². The zero-order valence-electron chi connectivity index (χ0n) is 11.1. The van der Waals surface area contributed by atoms with Crippen molar-refractivity contribution in [2.24, 2.45) is 5.92 Å². The lowest BCUT2D eigenvalue weighted by Crippen LogP contribution is -2.09. The lowest BCUT2D eigenvalue weighted by Gasteiger charge is -2.03. The average molecular weight is 258 g/mol. The largest absolute Gasteiger partial charge is 0.339 e. The van der Waals surface area contributed by atoms with Crippen LogP contribution in [-0.4, -0.2) is 28.2 Å². The van der Waals surface area contributed by atoms with E-state index < -0.39 is 0 Å². The van der Waals surface area contributed by atoms with Gasteiger partial charge in [-0.05, 0) is 50.4 Å². The van der Waals surface area contributed by atoms with E-state index in [1.807, 2.05) is 19.1 Å². The van der Waals surface area contributed by atoms with E-state index in [0.29, 0.717) is 11.7 Å². The SMILES string of the molecule is Cc1cccnc1-c1noc(CCC2CCNC2)n1. The highest BCUT2D eigenvalue weighted by atomic mass is 16.5. The number of aromatic nitrogens is 3. The fraction of sp³-hybridized carbons (Fsp3) is 0.500. The standard InChI is InChI=1S/C14H18N4O/c1-10-3-2-7-16-13(10)14-17-12(19-18-14)5-4-11-6-8-15-9-11/h2-3,7,11,15H,4-6,8-9H2,1H3. The van der Waals surface area contributed by atoms with Crippen LogP contribution < -0.4 is 5.32 Å². The molecule has 0 spiro atoms. The maximum absolute atomic E-state index is 5.31. The summed E-state index contributed by atoms with van der Waals surface area (Å²) in [4.78, 5) is 8.75. The van der Waals surface area contributed by atoms with E-state index in [1.165, 1.54) is 6.42 Å². The molecule has 19 heavy (non-hydrogen) atoms. The van der Waals surface area contributed by atoms with E-state index >= 15 is 0 Å². The van der Waals surface area contributed by atoms with Crippen molar-refractivity contribution in [3.05, 3.63) is 29.8 Å². The summed E-state index contributed by atoms with van der Waals surface area (Å²) in [6.07, 6.45) is 4.96. The van der Waals surface area contributed by atoms with E-state index in [1.54, 1.807) is 6.20 Å². The summed E-state index contributed by atoms with van der Waals surface area (Å²) in [5, 5.41) is 7.40. The number of rotatable bonds is 4. The molecule has 1 atom stereocenters. The van der Waals surface area contributed by atoms with Gasteiger partial charge in [0.05, 0.1) is 0 Å². The summed E-state index contributed by atoms with van der Waals surface area (Å²) >= 11 is 0. The minimum atomic E-state index is 0.595. The molecule has 1 unspecified atom stereocenters. The molecule has 1 N–H and O–H groups in total. The molecule has 0 amide bonds. The summed E-state index contributed by atoms with van der Waals surface area (Å²) in [7, 11) is 0. The van der Waals surface area contributed by atoms with Crippen LogP contribution in [0.5, 0.6) is 0 Å². The van der Waals surface area contributed by atoms with Crippen molar-refractivity contribution in [3.8, 4) is 11.5 Å². The molecular weight excluding hydrogens is 240 g/mol. The Morgan fingerprint density at radius 2 is 2.42 bits per heavy atom. The van der Waals surface area contributed by atoms with Gasteiger partial charge in [0.1, 0.15) is 5.69 Å². The molecule has 0 saturated carbocycles. The Kier molecular flexibility index (Phi) is 3.55. The van der Waals surface area contributed by atoms with E-state index in [4.69, 9.17) is 4.52 Å². The number of hydrogen-bond acceptors (Lipinski definition) is 5. The summed E-state index contributed by atoms with van der Waals surface area (Å²) in [6.45, 7) is 4.25. The van der Waals surface area contributed by atoms with Crippen LogP contribution in [0.2, 0.25) is 0 Å². The first-order valence-corrected chi connectivity index (χ1v) is 6.78. The Morgan fingerprint density at radius 3 is 3.21 bits per heavy atom. The van der Waals surface area contributed by atoms with Gasteiger partial charge < -0.3 is 9.84 Å². The molecule has 5 nitrogen and oxygen atoms in total. The molecule has 0 radical (unpaired) electrons. The van der Waals surface area contributed by atoms with Crippen molar-refractivity contribution in [2.45, 2.75) is 26.2 Å². The Hall–Kier alpha value is -1.75. The minimum absolute atomic E-state index is 0.595. The van der Waals surface area contributed by atoms with Crippen LogP contribution in [0.25, 0.3) is 11.5 Å². The van der Waals surface area contributed by atoms with Gasteiger partial charge in [0.15, 0.2) is 0 Å². The lowest BCUT2D eigenvalue weighted by molar-refractivity contribution is 0.365. The van der Waals surface area contributed by atoms with Gasteiger partial charge in [-0.3, -0.25) is 4.98 Å². The zero-order valence-corrected chi connectivity index (χ0v) is 11.1. The first-order chi connectivity index (χ1) is 9.33. The Balaban J connectivity index is 1.67. The molecule has 1 fully saturated rings. The third-order valence-corrected chi connectivity index (χ3v) is 3.62. The van der Waals surface area contributed by atoms with Gasteiger partial charge in [0.2, 0.25) is 11.7 Å². The third kappa shape index (κ3) is 2.81. The van der Waals surface area contributed by atoms with Crippen LogP contribution in [0.15, 0.2) is 22.9 Å². The minimum Gasteiger partial charge on any atom is -0.339 e. The number of hydrogen-bond donors (Lipinski definition) is 1. The first kappa shape index (κ1) is 12.3. The van der Waals surface area contributed by atoms with E-state index in [-0.39, 0.29) is 0 Å². The monoisotopic (exact) mass is 258 g/mol. The Labute approximate surface area is 112 Å². The molecule has 1 aliphatic rings. The van der Waals surface area contributed by atoms with E-state index in [0.717, 1.165) is 43.1 Å². The van der Waals surface area contributed by atoms with Crippen molar-refractivity contribution in [1.82, 2.24) is 20.4 Å². The van der Waals surface area contributed by atoms with Crippen molar-refractivity contribution in [3.63, 3.8) is 0 Å². The van der Waals surface area contributed by atoms with Crippen LogP contribution in [0.3, 0.4) is 0 Å². The molecule has 3 rings (SSSR count). The molecule has 5 heteroatoms. The number of nitrogens with one attached hydrogen (secondary N) is 1. The van der Waals surface area contributed by atoms with Gasteiger partial charge in [-0.15, -0.1) is 0 Å². The quantitative estimate of drug-likeness (QED) is 0.908. The van der Waals surface area contributed by atoms with Gasteiger partial charge in [-0.25, -0.2) is 0 Å². The van der Waals surface area contributed by atoms with Crippen LogP contribution in [-0.2, 0) is 6.42 Å². The van der Waals surface area contributed by atoms with Gasteiger partial charge in [0.25, 0.3) is 0 Å². The van der Waals surface area contributed by atoms with Crippen LogP contribution in [0.1, 0.15) is 24.3 Å². The zero-order chi connectivity index (χ0) is 13.1. The third-order valence-electron chi connectivity index (χ3n) is 3.62. The Morgan fingerprint density at radius 1 is 1.47 bits per heavy atom. The summed E-state index contributed by atoms with van der Waals surface area (Å²) in [6, 6.07) is 3.91. The van der Waals surface area contributed by atoms with Crippen molar-refractivity contribution >= 4 is 0 Å². The second kappa shape index (κ2) is 5.48. The molecular formula is C14H18N4O. The van der Waals surface area contributed by atoms with Gasteiger partial charge in [-0.1, -0.05) is 11.2 Å². The normalized spacial score (nSPS) is 18.9. The van der Waals surface area contributed by atoms with Crippen LogP contribution in [0.4, 0.5) is 0 Å². The number of nitrogens with zero attached hydrogens (tertiary/aromatic N) is 3. The predicted molar refractivity (Wildman–Crippen MR) is 71.6 cm³/mol. The van der Waals surface area contributed by atoms with Crippen LogP contribution >= 0.6 is 0 Å². The molecule has 1 aliphatic heterocycles. The molecule has 3 heterocycles.